The van der Waals surface area contributed by atoms with Gasteiger partial charge in [0, 0.05) is 31.6 Å². The Morgan fingerprint density at radius 1 is 1.30 bits per heavy atom. The highest BCUT2D eigenvalue weighted by Crippen LogP contribution is 2.48. The Kier molecular flexibility index (Phi) is 4.13. The topological polar surface area (TPSA) is 62.6 Å². The van der Waals surface area contributed by atoms with Crippen molar-refractivity contribution in [3.63, 3.8) is 0 Å². The van der Waals surface area contributed by atoms with Gasteiger partial charge in [0.15, 0.2) is 0 Å². The number of anilines is 1. The fourth-order valence-corrected chi connectivity index (χ4v) is 2.74. The normalized spacial score (nSPS) is 19.3. The fourth-order valence-electron chi connectivity index (χ4n) is 2.54. The molecule has 6 heteroatoms. The SMILES string of the molecule is CN(C)C(=O)c1cc(NC(=O)C2CC2c2ccco2)ccc1Cl. The van der Waals surface area contributed by atoms with E-state index in [4.69, 9.17) is 16.0 Å². The van der Waals surface area contributed by atoms with Crippen molar-refractivity contribution in [3.8, 4) is 0 Å². The molecule has 0 aliphatic heterocycles. The molecule has 0 bridgehead atoms. The zero-order chi connectivity index (χ0) is 16.6. The highest BCUT2D eigenvalue weighted by Gasteiger charge is 2.45. The van der Waals surface area contributed by atoms with Crippen LogP contribution in [0.5, 0.6) is 0 Å². The summed E-state index contributed by atoms with van der Waals surface area (Å²) in [7, 11) is 3.31. The van der Waals surface area contributed by atoms with Crippen LogP contribution in [-0.4, -0.2) is 30.8 Å². The van der Waals surface area contributed by atoms with Gasteiger partial charge in [0.25, 0.3) is 5.91 Å². The van der Waals surface area contributed by atoms with E-state index >= 15 is 0 Å². The highest BCUT2D eigenvalue weighted by molar-refractivity contribution is 6.34. The van der Waals surface area contributed by atoms with Crippen molar-refractivity contribution in [1.82, 2.24) is 4.90 Å². The summed E-state index contributed by atoms with van der Waals surface area (Å²) in [5.41, 5.74) is 0.933. The maximum Gasteiger partial charge on any atom is 0.254 e. The average molecular weight is 333 g/mol. The van der Waals surface area contributed by atoms with E-state index in [1.54, 1.807) is 38.6 Å². The fraction of sp³-hybridized carbons (Fsp3) is 0.294. The van der Waals surface area contributed by atoms with Crippen LogP contribution in [0.15, 0.2) is 41.0 Å². The molecule has 1 aromatic carbocycles. The van der Waals surface area contributed by atoms with Gasteiger partial charge in [-0.05, 0) is 36.8 Å². The van der Waals surface area contributed by atoms with Gasteiger partial charge in [-0.2, -0.15) is 0 Å². The van der Waals surface area contributed by atoms with Gasteiger partial charge in [-0.15, -0.1) is 0 Å². The number of nitrogens with zero attached hydrogens (tertiary/aromatic N) is 1. The first-order chi connectivity index (χ1) is 11.0. The van der Waals surface area contributed by atoms with Gasteiger partial charge in [-0.3, -0.25) is 9.59 Å². The van der Waals surface area contributed by atoms with Gasteiger partial charge >= 0.3 is 0 Å². The molecular weight excluding hydrogens is 316 g/mol. The maximum absolute atomic E-state index is 12.3. The number of nitrogens with one attached hydrogen (secondary N) is 1. The number of hydrogen-bond acceptors (Lipinski definition) is 3. The van der Waals surface area contributed by atoms with E-state index in [0.29, 0.717) is 16.3 Å². The summed E-state index contributed by atoms with van der Waals surface area (Å²) in [6, 6.07) is 8.61. The molecule has 1 fully saturated rings. The molecule has 23 heavy (non-hydrogen) atoms. The Morgan fingerprint density at radius 3 is 2.74 bits per heavy atom. The van der Waals surface area contributed by atoms with Gasteiger partial charge < -0.3 is 14.6 Å². The Bertz CT molecular complexity index is 740. The first-order valence-corrected chi connectivity index (χ1v) is 7.70. The molecule has 120 valence electrons. The number of furan rings is 1. The second-order valence-corrected chi connectivity index (χ2v) is 6.25. The Morgan fingerprint density at radius 2 is 2.09 bits per heavy atom. The number of carbonyl (C=O) groups excluding carboxylic acids is 2. The maximum atomic E-state index is 12.3. The van der Waals surface area contributed by atoms with E-state index in [2.05, 4.69) is 5.32 Å². The van der Waals surface area contributed by atoms with E-state index in [9.17, 15) is 9.59 Å². The van der Waals surface area contributed by atoms with Crippen molar-refractivity contribution in [3.05, 3.63) is 52.9 Å². The molecule has 1 saturated carbocycles. The van der Waals surface area contributed by atoms with Crippen molar-refractivity contribution >= 4 is 29.1 Å². The first-order valence-electron chi connectivity index (χ1n) is 7.33. The van der Waals surface area contributed by atoms with Crippen molar-refractivity contribution in [1.29, 1.82) is 0 Å². The van der Waals surface area contributed by atoms with Crippen LogP contribution >= 0.6 is 11.6 Å². The molecule has 2 unspecified atom stereocenters. The summed E-state index contributed by atoms with van der Waals surface area (Å²) in [4.78, 5) is 25.8. The molecule has 1 aromatic heterocycles. The molecule has 2 amide bonds. The van der Waals surface area contributed by atoms with Crippen molar-refractivity contribution < 1.29 is 14.0 Å². The van der Waals surface area contributed by atoms with E-state index in [1.165, 1.54) is 4.90 Å². The minimum Gasteiger partial charge on any atom is -0.469 e. The lowest BCUT2D eigenvalue weighted by molar-refractivity contribution is -0.117. The van der Waals surface area contributed by atoms with Gasteiger partial charge in [-0.1, -0.05) is 11.6 Å². The smallest absolute Gasteiger partial charge is 0.254 e. The molecule has 0 saturated heterocycles. The monoisotopic (exact) mass is 332 g/mol. The van der Waals surface area contributed by atoms with Crippen LogP contribution in [0.1, 0.15) is 28.5 Å². The molecule has 1 aliphatic rings. The molecule has 1 aliphatic carbocycles. The highest BCUT2D eigenvalue weighted by atomic mass is 35.5. The van der Waals surface area contributed by atoms with Crippen molar-refractivity contribution in [2.75, 3.05) is 19.4 Å². The number of halogens is 1. The predicted molar refractivity (Wildman–Crippen MR) is 87.7 cm³/mol. The van der Waals surface area contributed by atoms with E-state index < -0.39 is 0 Å². The van der Waals surface area contributed by atoms with Gasteiger partial charge in [0.1, 0.15) is 5.76 Å². The minimum absolute atomic E-state index is 0.0722. The van der Waals surface area contributed by atoms with Crippen LogP contribution < -0.4 is 5.32 Å². The molecule has 0 spiro atoms. The van der Waals surface area contributed by atoms with E-state index in [1.807, 2.05) is 12.1 Å². The zero-order valence-corrected chi connectivity index (χ0v) is 13.6. The number of amides is 2. The Labute approximate surface area is 139 Å². The van der Waals surface area contributed by atoms with Crippen LogP contribution in [0.2, 0.25) is 5.02 Å². The molecule has 2 aromatic rings. The van der Waals surface area contributed by atoms with E-state index in [0.717, 1.165) is 12.2 Å². The minimum atomic E-state index is -0.203. The number of hydrogen-bond donors (Lipinski definition) is 1. The molecule has 0 radical (unpaired) electrons. The average Bonchev–Trinajstić information content (AvgIpc) is 3.14. The third-order valence-electron chi connectivity index (χ3n) is 3.91. The molecule has 2 atom stereocenters. The van der Waals surface area contributed by atoms with Gasteiger partial charge in [0.2, 0.25) is 5.91 Å². The van der Waals surface area contributed by atoms with Gasteiger partial charge in [-0.25, -0.2) is 0 Å². The third-order valence-corrected chi connectivity index (χ3v) is 4.24. The Balaban J connectivity index is 1.70. The second kappa shape index (κ2) is 6.08. The summed E-state index contributed by atoms with van der Waals surface area (Å²) < 4.78 is 5.33. The quantitative estimate of drug-likeness (QED) is 0.933. The molecule has 1 N–H and O–H groups in total. The standard InChI is InChI=1S/C17H17ClN2O3/c1-20(2)17(22)13-8-10(5-6-14(13)18)19-16(21)12-9-11(12)15-4-3-7-23-15/h3-8,11-12H,9H2,1-2H3,(H,19,21). The summed E-state index contributed by atoms with van der Waals surface area (Å²) in [6.07, 6.45) is 2.39. The molecule has 3 rings (SSSR count). The third kappa shape index (κ3) is 3.24. The molecular formula is C17H17ClN2O3. The van der Waals surface area contributed by atoms with Crippen LogP contribution in [0.25, 0.3) is 0 Å². The summed E-state index contributed by atoms with van der Waals surface area (Å²) in [5.74, 6) is 0.609. The molecule has 1 heterocycles. The lowest BCUT2D eigenvalue weighted by Crippen LogP contribution is -2.22. The zero-order valence-electron chi connectivity index (χ0n) is 12.9. The van der Waals surface area contributed by atoms with Crippen molar-refractivity contribution in [2.45, 2.75) is 12.3 Å². The van der Waals surface area contributed by atoms with Crippen LogP contribution in [-0.2, 0) is 4.79 Å². The van der Waals surface area contributed by atoms with E-state index in [-0.39, 0.29) is 23.7 Å². The Hall–Kier alpha value is -2.27. The summed E-state index contributed by atoms with van der Waals surface area (Å²) in [6.45, 7) is 0. The van der Waals surface area contributed by atoms with Crippen LogP contribution in [0.3, 0.4) is 0 Å². The number of benzene rings is 1. The lowest BCUT2D eigenvalue weighted by atomic mass is 10.1. The largest absolute Gasteiger partial charge is 0.469 e. The lowest BCUT2D eigenvalue weighted by Gasteiger charge is -2.13. The number of rotatable bonds is 4. The van der Waals surface area contributed by atoms with Crippen LogP contribution in [0, 0.1) is 5.92 Å². The molecule has 5 nitrogen and oxygen atoms in total. The van der Waals surface area contributed by atoms with Crippen LogP contribution in [0.4, 0.5) is 5.69 Å². The summed E-state index contributed by atoms with van der Waals surface area (Å²) in [5, 5.41) is 3.21. The van der Waals surface area contributed by atoms with Crippen molar-refractivity contribution in [2.24, 2.45) is 5.92 Å². The predicted octanol–water partition coefficient (Wildman–Crippen LogP) is 3.38. The number of carbonyl (C=O) groups is 2. The van der Waals surface area contributed by atoms with Gasteiger partial charge in [0.05, 0.1) is 16.8 Å². The first kappa shape index (κ1) is 15.6. The second-order valence-electron chi connectivity index (χ2n) is 5.85. The summed E-state index contributed by atoms with van der Waals surface area (Å²) >= 11 is 6.06.